The van der Waals surface area contributed by atoms with Crippen LogP contribution in [0.2, 0.25) is 0 Å². The first-order valence-corrected chi connectivity index (χ1v) is 9.97. The Hall–Kier alpha value is -3.67. The largest absolute Gasteiger partial charge is 0.352 e. The second-order valence-electron chi connectivity index (χ2n) is 7.15. The van der Waals surface area contributed by atoms with Crippen LogP contribution in [0.4, 0.5) is 0 Å². The van der Waals surface area contributed by atoms with Crippen molar-refractivity contribution in [1.82, 2.24) is 21.4 Å². The van der Waals surface area contributed by atoms with E-state index in [0.29, 0.717) is 11.6 Å². The Kier molecular flexibility index (Phi) is 7.76. The van der Waals surface area contributed by atoms with Crippen molar-refractivity contribution in [2.45, 2.75) is 24.9 Å². The maximum absolute atomic E-state index is 12.5. The summed E-state index contributed by atoms with van der Waals surface area (Å²) in [4.78, 5) is 36.2. The fourth-order valence-electron chi connectivity index (χ4n) is 2.70. The summed E-state index contributed by atoms with van der Waals surface area (Å²) in [5.74, 6) is 4.43. The van der Waals surface area contributed by atoms with Crippen LogP contribution in [-0.2, 0) is 9.59 Å². The van der Waals surface area contributed by atoms with E-state index in [-0.39, 0.29) is 19.0 Å². The van der Waals surface area contributed by atoms with Gasteiger partial charge >= 0.3 is 0 Å². The highest BCUT2D eigenvalue weighted by atomic mass is 16.5. The highest BCUT2D eigenvalue weighted by molar-refractivity contribution is 5.97. The van der Waals surface area contributed by atoms with Crippen molar-refractivity contribution in [3.8, 4) is 11.8 Å². The fraction of sp³-hybridized carbons (Fsp3) is 0.261. The lowest BCUT2D eigenvalue weighted by atomic mass is 10.1. The molecule has 1 aliphatic carbocycles. The summed E-state index contributed by atoms with van der Waals surface area (Å²) in [6.45, 7) is -0.0124. The molecule has 0 aromatic heterocycles. The van der Waals surface area contributed by atoms with Gasteiger partial charge in [-0.25, -0.2) is 5.48 Å². The monoisotopic (exact) mass is 420 g/mol. The number of hydrogen-bond acceptors (Lipinski definition) is 5. The van der Waals surface area contributed by atoms with Gasteiger partial charge < -0.3 is 16.0 Å². The van der Waals surface area contributed by atoms with Crippen molar-refractivity contribution in [2.75, 3.05) is 13.1 Å². The first kappa shape index (κ1) is 22.0. The third-order valence-corrected chi connectivity index (χ3v) is 4.64. The van der Waals surface area contributed by atoms with E-state index >= 15 is 0 Å². The summed E-state index contributed by atoms with van der Waals surface area (Å²) in [6.07, 6.45) is 2.10. The zero-order valence-electron chi connectivity index (χ0n) is 16.9. The molecule has 1 saturated carbocycles. The molecule has 1 atom stereocenters. The second-order valence-corrected chi connectivity index (χ2v) is 7.15. The maximum atomic E-state index is 12.5. The Labute approximate surface area is 180 Å². The van der Waals surface area contributed by atoms with Gasteiger partial charge in [-0.3, -0.25) is 19.6 Å². The van der Waals surface area contributed by atoms with Crippen LogP contribution in [0.5, 0.6) is 0 Å². The van der Waals surface area contributed by atoms with Crippen molar-refractivity contribution in [1.29, 1.82) is 0 Å². The molecule has 0 bridgehead atoms. The number of carbonyl (C=O) groups is 3. The molecule has 8 nitrogen and oxygen atoms in total. The molecular formula is C23H24N4O4. The minimum Gasteiger partial charge on any atom is -0.352 e. The molecule has 3 amide bonds. The molecular weight excluding hydrogens is 396 g/mol. The topological polar surface area (TPSA) is 120 Å². The molecule has 8 heteroatoms. The van der Waals surface area contributed by atoms with E-state index < -0.39 is 17.9 Å². The molecule has 160 valence electrons. The van der Waals surface area contributed by atoms with E-state index in [0.717, 1.165) is 24.0 Å². The normalized spacial score (nSPS) is 13.3. The summed E-state index contributed by atoms with van der Waals surface area (Å²) in [5, 5.41) is 17.1. The number of benzene rings is 2. The van der Waals surface area contributed by atoms with Gasteiger partial charge in [0.15, 0.2) is 0 Å². The van der Waals surface area contributed by atoms with Crippen molar-refractivity contribution in [3.05, 3.63) is 71.3 Å². The first-order valence-electron chi connectivity index (χ1n) is 9.97. The highest BCUT2D eigenvalue weighted by Gasteiger charge is 2.23. The van der Waals surface area contributed by atoms with Crippen LogP contribution in [-0.4, -0.2) is 48.1 Å². The number of carbonyl (C=O) groups excluding carboxylic acids is 3. The minimum atomic E-state index is -1.13. The van der Waals surface area contributed by atoms with E-state index in [4.69, 9.17) is 5.21 Å². The van der Waals surface area contributed by atoms with Gasteiger partial charge in [0.05, 0.1) is 6.54 Å². The standard InChI is InChI=1S/C23H24N4O4/c28-21(15-24-19-12-13-19)25-14-20(23(30)27-31)26-22(29)18-10-8-17(9-11-18)7-6-16-4-2-1-3-5-16/h1-5,8-11,19-20,24,31H,12-15H2,(H,25,28)(H,26,29)(H,27,30)/t20-/m0/s1. The average molecular weight is 420 g/mol. The summed E-state index contributed by atoms with van der Waals surface area (Å²) in [7, 11) is 0. The smallest absolute Gasteiger partial charge is 0.267 e. The quantitative estimate of drug-likeness (QED) is 0.243. The zero-order valence-corrected chi connectivity index (χ0v) is 16.9. The molecule has 0 aliphatic heterocycles. The summed E-state index contributed by atoms with van der Waals surface area (Å²) in [5.41, 5.74) is 3.45. The predicted molar refractivity (Wildman–Crippen MR) is 114 cm³/mol. The Morgan fingerprint density at radius 3 is 2.23 bits per heavy atom. The molecule has 0 heterocycles. The van der Waals surface area contributed by atoms with Crippen LogP contribution in [0.25, 0.3) is 0 Å². The molecule has 1 fully saturated rings. The van der Waals surface area contributed by atoms with Crippen LogP contribution in [0.3, 0.4) is 0 Å². The van der Waals surface area contributed by atoms with Gasteiger partial charge in [0.2, 0.25) is 5.91 Å². The van der Waals surface area contributed by atoms with Crippen molar-refractivity contribution in [2.24, 2.45) is 0 Å². The van der Waals surface area contributed by atoms with Gasteiger partial charge in [0.25, 0.3) is 11.8 Å². The lowest BCUT2D eigenvalue weighted by Crippen LogP contribution is -2.52. The number of hydrogen-bond donors (Lipinski definition) is 5. The van der Waals surface area contributed by atoms with Crippen molar-refractivity contribution in [3.63, 3.8) is 0 Å². The number of hydroxylamine groups is 1. The van der Waals surface area contributed by atoms with E-state index in [9.17, 15) is 14.4 Å². The number of amides is 3. The SMILES string of the molecule is O=C(CNC1CC1)NC[C@H](NC(=O)c1ccc(C#Cc2ccccc2)cc1)C(=O)NO. The molecule has 0 spiro atoms. The predicted octanol–water partition coefficient (Wildman–Crippen LogP) is 0.558. The van der Waals surface area contributed by atoms with E-state index in [1.807, 2.05) is 30.3 Å². The van der Waals surface area contributed by atoms with E-state index in [2.05, 4.69) is 27.8 Å². The molecule has 0 radical (unpaired) electrons. The fourth-order valence-corrected chi connectivity index (χ4v) is 2.70. The molecule has 5 N–H and O–H groups in total. The summed E-state index contributed by atoms with van der Waals surface area (Å²) >= 11 is 0. The van der Waals surface area contributed by atoms with Gasteiger partial charge in [-0.1, -0.05) is 30.0 Å². The van der Waals surface area contributed by atoms with Gasteiger partial charge in [-0.2, -0.15) is 0 Å². The summed E-state index contributed by atoms with van der Waals surface area (Å²) < 4.78 is 0. The zero-order chi connectivity index (χ0) is 22.1. The van der Waals surface area contributed by atoms with Crippen LogP contribution in [0.15, 0.2) is 54.6 Å². The van der Waals surface area contributed by atoms with E-state index in [1.165, 1.54) is 5.48 Å². The Morgan fingerprint density at radius 1 is 0.968 bits per heavy atom. The van der Waals surface area contributed by atoms with Gasteiger partial charge in [-0.05, 0) is 49.2 Å². The third-order valence-electron chi connectivity index (χ3n) is 4.64. The molecule has 2 aromatic carbocycles. The molecule has 1 aliphatic rings. The van der Waals surface area contributed by atoms with Crippen molar-refractivity contribution < 1.29 is 19.6 Å². The number of rotatable bonds is 8. The molecule has 0 saturated heterocycles. The third kappa shape index (κ3) is 7.26. The van der Waals surface area contributed by atoms with Gasteiger partial charge in [-0.15, -0.1) is 0 Å². The van der Waals surface area contributed by atoms with Gasteiger partial charge in [0.1, 0.15) is 6.04 Å². The molecule has 2 aromatic rings. The Morgan fingerprint density at radius 2 is 1.61 bits per heavy atom. The first-order chi connectivity index (χ1) is 15.0. The van der Waals surface area contributed by atoms with Crippen LogP contribution in [0.1, 0.15) is 34.3 Å². The van der Waals surface area contributed by atoms with E-state index in [1.54, 1.807) is 24.3 Å². The lowest BCUT2D eigenvalue weighted by molar-refractivity contribution is -0.131. The number of nitrogens with one attached hydrogen (secondary N) is 4. The maximum Gasteiger partial charge on any atom is 0.267 e. The lowest BCUT2D eigenvalue weighted by Gasteiger charge is -2.17. The second kappa shape index (κ2) is 10.9. The highest BCUT2D eigenvalue weighted by Crippen LogP contribution is 2.17. The van der Waals surface area contributed by atoms with Crippen LogP contribution < -0.4 is 21.4 Å². The molecule has 3 rings (SSSR count). The van der Waals surface area contributed by atoms with Crippen molar-refractivity contribution >= 4 is 17.7 Å². The Bertz CT molecular complexity index is 976. The minimum absolute atomic E-state index is 0.136. The average Bonchev–Trinajstić information content (AvgIpc) is 3.64. The van der Waals surface area contributed by atoms with Gasteiger partial charge in [0, 0.05) is 29.3 Å². The molecule has 31 heavy (non-hydrogen) atoms. The van der Waals surface area contributed by atoms with Crippen LogP contribution in [0, 0.1) is 11.8 Å². The Balaban J connectivity index is 1.55. The molecule has 0 unspecified atom stereocenters. The van der Waals surface area contributed by atoms with Crippen LogP contribution >= 0.6 is 0 Å². The summed E-state index contributed by atoms with van der Waals surface area (Å²) in [6, 6.07) is 15.4.